The number of ether oxygens (including phenoxy) is 1. The molecule has 4 heteroatoms. The second-order valence-electron chi connectivity index (χ2n) is 5.08. The number of nitrogens with zero attached hydrogens (tertiary/aromatic N) is 1. The molecule has 1 heterocycles. The van der Waals surface area contributed by atoms with Crippen LogP contribution >= 0.6 is 0 Å². The zero-order valence-electron chi connectivity index (χ0n) is 10.1. The number of hydrogen-bond acceptors (Lipinski definition) is 3. The summed E-state index contributed by atoms with van der Waals surface area (Å²) in [5.74, 6) is -0.862. The average Bonchev–Trinajstić information content (AvgIpc) is 2.29. The standard InChI is InChI=1S/C13H19NO3/c1-13(5-3-2-4-6-13)10-14-7-8-17-11(9-14)12(15)16/h2-5,11H,6-10H2,1H3,(H,15,16). The molecule has 0 aromatic heterocycles. The SMILES string of the molecule is CC1(CN2CCOC(C(=O)O)C2)C=CC=CC1. The maximum absolute atomic E-state index is 10.9. The Bertz CT molecular complexity index is 351. The Labute approximate surface area is 102 Å². The average molecular weight is 237 g/mol. The first-order valence-electron chi connectivity index (χ1n) is 6.00. The Kier molecular flexibility index (Phi) is 3.64. The minimum Gasteiger partial charge on any atom is -0.479 e. The van der Waals surface area contributed by atoms with Crippen LogP contribution in [-0.2, 0) is 9.53 Å². The number of rotatable bonds is 3. The highest BCUT2D eigenvalue weighted by molar-refractivity contribution is 5.72. The van der Waals surface area contributed by atoms with E-state index in [9.17, 15) is 4.79 Å². The van der Waals surface area contributed by atoms with E-state index in [4.69, 9.17) is 9.84 Å². The van der Waals surface area contributed by atoms with Gasteiger partial charge in [-0.05, 0) is 6.42 Å². The molecule has 0 aromatic carbocycles. The molecule has 0 aromatic rings. The maximum atomic E-state index is 10.9. The number of carboxylic acids is 1. The van der Waals surface area contributed by atoms with E-state index in [0.29, 0.717) is 13.2 Å². The number of carboxylic acid groups (broad SMARTS) is 1. The van der Waals surface area contributed by atoms with Gasteiger partial charge in [-0.25, -0.2) is 4.79 Å². The first-order chi connectivity index (χ1) is 8.09. The summed E-state index contributed by atoms with van der Waals surface area (Å²) in [6.45, 7) is 4.91. The van der Waals surface area contributed by atoms with Crippen molar-refractivity contribution in [2.75, 3.05) is 26.2 Å². The topological polar surface area (TPSA) is 49.8 Å². The highest BCUT2D eigenvalue weighted by Crippen LogP contribution is 2.28. The van der Waals surface area contributed by atoms with Crippen LogP contribution in [-0.4, -0.2) is 48.3 Å². The van der Waals surface area contributed by atoms with Gasteiger partial charge in [-0.3, -0.25) is 4.90 Å². The van der Waals surface area contributed by atoms with Gasteiger partial charge >= 0.3 is 5.97 Å². The van der Waals surface area contributed by atoms with Crippen molar-refractivity contribution in [3.63, 3.8) is 0 Å². The van der Waals surface area contributed by atoms with E-state index < -0.39 is 12.1 Å². The fraction of sp³-hybridized carbons (Fsp3) is 0.615. The molecule has 1 aliphatic carbocycles. The monoisotopic (exact) mass is 237 g/mol. The van der Waals surface area contributed by atoms with E-state index in [0.717, 1.165) is 19.5 Å². The number of morpholine rings is 1. The van der Waals surface area contributed by atoms with Crippen LogP contribution < -0.4 is 0 Å². The fourth-order valence-corrected chi connectivity index (χ4v) is 2.40. The van der Waals surface area contributed by atoms with Gasteiger partial charge in [0.25, 0.3) is 0 Å². The van der Waals surface area contributed by atoms with E-state index in [-0.39, 0.29) is 5.41 Å². The lowest BCUT2D eigenvalue weighted by Gasteiger charge is -2.37. The van der Waals surface area contributed by atoms with Crippen LogP contribution in [0.15, 0.2) is 24.3 Å². The molecule has 17 heavy (non-hydrogen) atoms. The summed E-state index contributed by atoms with van der Waals surface area (Å²) in [5, 5.41) is 8.95. The largest absolute Gasteiger partial charge is 0.479 e. The van der Waals surface area contributed by atoms with E-state index >= 15 is 0 Å². The van der Waals surface area contributed by atoms with Crippen LogP contribution in [0.1, 0.15) is 13.3 Å². The molecular formula is C13H19NO3. The molecule has 1 N–H and O–H groups in total. The number of hydrogen-bond donors (Lipinski definition) is 1. The molecule has 0 amide bonds. The van der Waals surface area contributed by atoms with Gasteiger partial charge in [-0.2, -0.15) is 0 Å². The molecule has 2 unspecified atom stereocenters. The Hall–Kier alpha value is -1.13. The summed E-state index contributed by atoms with van der Waals surface area (Å²) in [4.78, 5) is 13.1. The highest BCUT2D eigenvalue weighted by Gasteiger charge is 2.30. The molecule has 0 saturated carbocycles. The van der Waals surface area contributed by atoms with Crippen molar-refractivity contribution in [2.45, 2.75) is 19.4 Å². The summed E-state index contributed by atoms with van der Waals surface area (Å²) in [7, 11) is 0. The Morgan fingerprint density at radius 2 is 2.41 bits per heavy atom. The molecule has 2 aliphatic rings. The molecule has 1 saturated heterocycles. The summed E-state index contributed by atoms with van der Waals surface area (Å²) in [5.41, 5.74) is 0.120. The molecule has 4 nitrogen and oxygen atoms in total. The molecule has 0 bridgehead atoms. The maximum Gasteiger partial charge on any atom is 0.334 e. The lowest BCUT2D eigenvalue weighted by molar-refractivity contribution is -0.156. The first-order valence-corrected chi connectivity index (χ1v) is 6.00. The van der Waals surface area contributed by atoms with Gasteiger partial charge in [-0.1, -0.05) is 31.2 Å². The van der Waals surface area contributed by atoms with Crippen LogP contribution in [0.4, 0.5) is 0 Å². The minimum atomic E-state index is -0.862. The Morgan fingerprint density at radius 3 is 3.06 bits per heavy atom. The molecule has 94 valence electrons. The third-order valence-corrected chi connectivity index (χ3v) is 3.34. The van der Waals surface area contributed by atoms with Crippen LogP contribution in [0.2, 0.25) is 0 Å². The van der Waals surface area contributed by atoms with E-state index in [1.807, 2.05) is 0 Å². The van der Waals surface area contributed by atoms with Crippen LogP contribution in [0.5, 0.6) is 0 Å². The van der Waals surface area contributed by atoms with Gasteiger partial charge in [0.1, 0.15) is 0 Å². The fourth-order valence-electron chi connectivity index (χ4n) is 2.40. The summed E-state index contributed by atoms with van der Waals surface area (Å²) in [6, 6.07) is 0. The number of allylic oxidation sites excluding steroid dienone is 3. The molecule has 0 spiro atoms. The predicted octanol–water partition coefficient (Wildman–Crippen LogP) is 1.29. The van der Waals surface area contributed by atoms with Crippen molar-refractivity contribution in [2.24, 2.45) is 5.41 Å². The molecule has 2 rings (SSSR count). The van der Waals surface area contributed by atoms with Gasteiger partial charge in [0.15, 0.2) is 6.10 Å². The van der Waals surface area contributed by atoms with Gasteiger partial charge < -0.3 is 9.84 Å². The second-order valence-corrected chi connectivity index (χ2v) is 5.08. The van der Waals surface area contributed by atoms with Crippen molar-refractivity contribution in [1.82, 2.24) is 4.90 Å². The van der Waals surface area contributed by atoms with Gasteiger partial charge in [0.2, 0.25) is 0 Å². The van der Waals surface area contributed by atoms with Crippen molar-refractivity contribution >= 4 is 5.97 Å². The summed E-state index contributed by atoms with van der Waals surface area (Å²) >= 11 is 0. The normalized spacial score (nSPS) is 33.8. The summed E-state index contributed by atoms with van der Waals surface area (Å²) in [6.07, 6.45) is 8.83. The summed E-state index contributed by atoms with van der Waals surface area (Å²) < 4.78 is 5.22. The number of aliphatic carboxylic acids is 1. The van der Waals surface area contributed by atoms with Crippen LogP contribution in [0.25, 0.3) is 0 Å². The molecular weight excluding hydrogens is 218 g/mol. The van der Waals surface area contributed by atoms with Crippen LogP contribution in [0, 0.1) is 5.41 Å². The van der Waals surface area contributed by atoms with E-state index in [1.165, 1.54) is 0 Å². The first kappa shape index (κ1) is 12.3. The van der Waals surface area contributed by atoms with Crippen molar-refractivity contribution < 1.29 is 14.6 Å². The highest BCUT2D eigenvalue weighted by atomic mass is 16.5. The van der Waals surface area contributed by atoms with E-state index in [1.54, 1.807) is 0 Å². The second kappa shape index (κ2) is 5.02. The predicted molar refractivity (Wildman–Crippen MR) is 64.8 cm³/mol. The van der Waals surface area contributed by atoms with E-state index in [2.05, 4.69) is 36.1 Å². The van der Waals surface area contributed by atoms with Crippen LogP contribution in [0.3, 0.4) is 0 Å². The smallest absolute Gasteiger partial charge is 0.334 e. The van der Waals surface area contributed by atoms with Gasteiger partial charge in [-0.15, -0.1) is 0 Å². The van der Waals surface area contributed by atoms with Crippen molar-refractivity contribution in [3.8, 4) is 0 Å². The zero-order chi connectivity index (χ0) is 12.3. The molecule has 1 aliphatic heterocycles. The minimum absolute atomic E-state index is 0.120. The Morgan fingerprint density at radius 1 is 1.59 bits per heavy atom. The Balaban J connectivity index is 1.92. The third-order valence-electron chi connectivity index (χ3n) is 3.34. The quantitative estimate of drug-likeness (QED) is 0.803. The lowest BCUT2D eigenvalue weighted by Crippen LogP contribution is -2.49. The van der Waals surface area contributed by atoms with Gasteiger partial charge in [0.05, 0.1) is 6.61 Å². The van der Waals surface area contributed by atoms with Crippen molar-refractivity contribution in [3.05, 3.63) is 24.3 Å². The van der Waals surface area contributed by atoms with Gasteiger partial charge in [0, 0.05) is 25.0 Å². The van der Waals surface area contributed by atoms with Crippen molar-refractivity contribution in [1.29, 1.82) is 0 Å². The third kappa shape index (κ3) is 3.17. The molecule has 2 atom stereocenters. The zero-order valence-corrected chi connectivity index (χ0v) is 10.1. The number of carbonyl (C=O) groups is 1. The molecule has 0 radical (unpaired) electrons. The molecule has 1 fully saturated rings. The lowest BCUT2D eigenvalue weighted by atomic mass is 9.83.